The van der Waals surface area contributed by atoms with Crippen molar-refractivity contribution < 1.29 is 0 Å². The van der Waals surface area contributed by atoms with Crippen LogP contribution in [0.2, 0.25) is 0 Å². The van der Waals surface area contributed by atoms with Crippen molar-refractivity contribution in [1.82, 2.24) is 19.6 Å². The van der Waals surface area contributed by atoms with Crippen molar-refractivity contribution in [2.75, 3.05) is 29.0 Å². The third-order valence-corrected chi connectivity index (χ3v) is 14.6. The minimum atomic E-state index is -1.59. The van der Waals surface area contributed by atoms with Crippen LogP contribution < -0.4 is 26.4 Å². The summed E-state index contributed by atoms with van der Waals surface area (Å²) in [6, 6.07) is 25.8. The van der Waals surface area contributed by atoms with E-state index in [2.05, 4.69) is 168 Å². The molecule has 3 atom stereocenters. The molecule has 5 aromatic rings. The maximum Gasteiger partial charge on any atom is 0.183 e. The number of allylic oxidation sites excluding steroid dienone is 4. The zero-order chi connectivity index (χ0) is 46.7. The molecule has 0 spiro atoms. The van der Waals surface area contributed by atoms with Gasteiger partial charge in [-0.1, -0.05) is 106 Å². The molecule has 8 rings (SSSR count). The maximum absolute atomic E-state index is 5.92. The summed E-state index contributed by atoms with van der Waals surface area (Å²) in [5.41, 5.74) is 18.4. The van der Waals surface area contributed by atoms with E-state index in [9.17, 15) is 0 Å². The number of hydrogen-bond acceptors (Lipinski definition) is 9. The number of anilines is 3. The van der Waals surface area contributed by atoms with Crippen molar-refractivity contribution in [2.24, 2.45) is 17.6 Å². The number of thiazole rings is 1. The van der Waals surface area contributed by atoms with Crippen LogP contribution in [-0.2, 0) is 6.42 Å². The van der Waals surface area contributed by atoms with Gasteiger partial charge in [-0.3, -0.25) is 0 Å². The number of nitrogens with two attached hydrogens (primary N) is 1. The SMILES string of the molecule is C=C(C)Nc1ccccc1C(=C)N1CCC[C@H]1C(=C)N.C=C1NS(=C)(=C)c2ccccc2NCCCCC/C=C\C2C[C@H]12.CCc1ccc2c(C)cc(-c3csc(NC(C)C)n3)nc2c1. The summed E-state index contributed by atoms with van der Waals surface area (Å²) < 4.78 is 3.57. The van der Waals surface area contributed by atoms with Crippen LogP contribution >= 0.6 is 20.7 Å². The molecule has 1 aliphatic carbocycles. The Morgan fingerprint density at radius 2 is 1.74 bits per heavy atom. The number of aryl methyl sites for hydroxylation is 2. The van der Waals surface area contributed by atoms with Gasteiger partial charge in [-0.15, -0.1) is 20.7 Å². The quantitative estimate of drug-likeness (QED) is 0.0736. The number of pyridine rings is 1. The van der Waals surface area contributed by atoms with Crippen molar-refractivity contribution in [3.05, 3.63) is 150 Å². The van der Waals surface area contributed by atoms with E-state index in [0.29, 0.717) is 23.6 Å². The molecular formula is C55H72N8S2. The summed E-state index contributed by atoms with van der Waals surface area (Å²) in [4.78, 5) is 12.9. The molecule has 1 saturated carbocycles. The third-order valence-electron chi connectivity index (χ3n) is 11.9. The second-order valence-corrected chi connectivity index (χ2v) is 21.2. The van der Waals surface area contributed by atoms with E-state index in [4.69, 9.17) is 10.7 Å². The predicted molar refractivity (Wildman–Crippen MR) is 289 cm³/mol. The van der Waals surface area contributed by atoms with Gasteiger partial charge in [-0.05, 0) is 120 Å². The molecule has 1 unspecified atom stereocenters. The Hall–Kier alpha value is -5.71. The van der Waals surface area contributed by atoms with Gasteiger partial charge in [-0.25, -0.2) is 9.97 Å². The fourth-order valence-corrected chi connectivity index (χ4v) is 10.9. The lowest BCUT2D eigenvalue weighted by Crippen LogP contribution is -2.31. The molecule has 0 radical (unpaired) electrons. The Kier molecular flexibility index (Phi) is 16.8. The van der Waals surface area contributed by atoms with Gasteiger partial charge in [0.25, 0.3) is 0 Å². The first-order valence-corrected chi connectivity index (χ1v) is 26.0. The number of rotatable bonds is 9. The van der Waals surface area contributed by atoms with Gasteiger partial charge in [0.1, 0.15) is 5.69 Å². The van der Waals surface area contributed by atoms with Crippen LogP contribution in [0.4, 0.5) is 16.5 Å². The number of fused-ring (bicyclic) bond motifs is 3. The standard InChI is InChI=1S/C20H28N2S.C18H21N3S.C17H23N3/c1-16-18-15-17(18)11-7-5-4-6-10-14-21-19-12-8-9-13-20(19)23(2,3)22-16;1-5-13-6-7-14-12(4)8-16(20-15(14)9-13)17-10-22-18(21-17)19-11(2)3;1-12(2)19-16-9-6-5-8-15(16)14(4)20-11-7-10-17(20)13(3)18/h7-9,11-13,17-18,21-22H,1-6,10,14-15H2;6-11H,5H2,1-4H3,(H,19,21);5-6,8-9,17,19H,1,3-4,7,10-11,18H2,2H3/b11-7-;;/t17?,18-;;17-/m1.0/s1. The third kappa shape index (κ3) is 13.2. The Balaban J connectivity index is 0.000000162. The average Bonchev–Trinajstić information content (AvgIpc) is 3.61. The molecule has 2 aromatic heterocycles. The molecule has 2 fully saturated rings. The summed E-state index contributed by atoms with van der Waals surface area (Å²) >= 11 is 1.63. The lowest BCUT2D eigenvalue weighted by atomic mass is 10.0. The first-order chi connectivity index (χ1) is 31.1. The first kappa shape index (κ1) is 48.7. The summed E-state index contributed by atoms with van der Waals surface area (Å²) in [7, 11) is -1.59. The lowest BCUT2D eigenvalue weighted by molar-refractivity contribution is 0.408. The van der Waals surface area contributed by atoms with Crippen LogP contribution in [0.1, 0.15) is 89.3 Å². The monoisotopic (exact) mass is 909 g/mol. The van der Waals surface area contributed by atoms with Crippen LogP contribution in [0.15, 0.2) is 139 Å². The number of para-hydroxylation sites is 2. The molecule has 1 saturated heterocycles. The molecule has 0 bridgehead atoms. The van der Waals surface area contributed by atoms with Crippen molar-refractivity contribution in [2.45, 2.75) is 103 Å². The number of benzene rings is 3. The van der Waals surface area contributed by atoms with Gasteiger partial charge in [0.2, 0.25) is 0 Å². The molecule has 0 amide bonds. The number of hydrogen-bond donors (Lipinski definition) is 5. The van der Waals surface area contributed by atoms with Gasteiger partial charge in [-0.2, -0.15) is 0 Å². The minimum absolute atomic E-state index is 0.195. The zero-order valence-electron chi connectivity index (χ0n) is 39.5. The molecule has 10 heteroatoms. The van der Waals surface area contributed by atoms with Gasteiger partial charge >= 0.3 is 0 Å². The largest absolute Gasteiger partial charge is 0.401 e. The van der Waals surface area contributed by atoms with E-state index in [1.807, 2.05) is 25.1 Å². The molecule has 8 nitrogen and oxygen atoms in total. The van der Waals surface area contributed by atoms with Crippen LogP contribution in [0.3, 0.4) is 0 Å². The molecule has 2 aliphatic heterocycles. The molecule has 65 heavy (non-hydrogen) atoms. The van der Waals surface area contributed by atoms with Gasteiger partial charge < -0.3 is 31.3 Å². The van der Waals surface area contributed by atoms with E-state index in [-0.39, 0.29) is 6.04 Å². The highest BCUT2D eigenvalue weighted by molar-refractivity contribution is 8.26. The van der Waals surface area contributed by atoms with Crippen molar-refractivity contribution in [3.8, 4) is 11.4 Å². The van der Waals surface area contributed by atoms with E-state index in [1.165, 1.54) is 53.5 Å². The lowest BCUT2D eigenvalue weighted by Gasteiger charge is -2.30. The highest BCUT2D eigenvalue weighted by Crippen LogP contribution is 2.46. The summed E-state index contributed by atoms with van der Waals surface area (Å²) in [6.07, 6.45) is 14.1. The molecule has 3 aromatic carbocycles. The van der Waals surface area contributed by atoms with Crippen LogP contribution in [-0.4, -0.2) is 51.8 Å². The highest BCUT2D eigenvalue weighted by Gasteiger charge is 2.37. The molecule has 3 aliphatic rings. The fourth-order valence-electron chi connectivity index (χ4n) is 8.43. The number of aromatic nitrogens is 2. The van der Waals surface area contributed by atoms with Crippen molar-refractivity contribution in [3.63, 3.8) is 0 Å². The van der Waals surface area contributed by atoms with Crippen LogP contribution in [0, 0.1) is 18.8 Å². The Morgan fingerprint density at radius 3 is 2.49 bits per heavy atom. The van der Waals surface area contributed by atoms with Crippen molar-refractivity contribution in [1.29, 1.82) is 0 Å². The second kappa shape index (κ2) is 22.5. The molecular weight excluding hydrogens is 837 g/mol. The number of nitrogens with zero attached hydrogens (tertiary/aromatic N) is 3. The van der Waals surface area contributed by atoms with Crippen LogP contribution in [0.5, 0.6) is 0 Å². The topological polar surface area (TPSA) is 103 Å². The van der Waals surface area contributed by atoms with E-state index in [0.717, 1.165) is 88.4 Å². The summed E-state index contributed by atoms with van der Waals surface area (Å²) in [5, 5.41) is 14.5. The minimum Gasteiger partial charge on any atom is -0.401 e. The predicted octanol–water partition coefficient (Wildman–Crippen LogP) is 13.5. The van der Waals surface area contributed by atoms with Gasteiger partial charge in [0.05, 0.1) is 17.3 Å². The molecule has 4 heterocycles. The van der Waals surface area contributed by atoms with E-state index >= 15 is 0 Å². The fraction of sp³-hybridized carbons (Fsp3) is 0.345. The molecule has 6 N–H and O–H groups in total. The van der Waals surface area contributed by atoms with Crippen LogP contribution in [0.25, 0.3) is 28.0 Å². The molecule has 344 valence electrons. The van der Waals surface area contributed by atoms with E-state index in [1.54, 1.807) is 11.3 Å². The Morgan fingerprint density at radius 1 is 0.969 bits per heavy atom. The maximum atomic E-state index is 5.92. The summed E-state index contributed by atoms with van der Waals surface area (Å²) in [5.74, 6) is 10.0. The number of likely N-dealkylation sites (tertiary alicyclic amines) is 1. The van der Waals surface area contributed by atoms with Gasteiger partial charge in [0, 0.05) is 80.4 Å². The van der Waals surface area contributed by atoms with Gasteiger partial charge in [0.15, 0.2) is 5.13 Å². The Bertz CT molecular complexity index is 2620. The normalized spacial score (nSPS) is 19.5. The Labute approximate surface area is 394 Å². The van der Waals surface area contributed by atoms with Crippen molar-refractivity contribution >= 4 is 65.6 Å². The number of nitrogens with one attached hydrogen (secondary N) is 4. The highest BCUT2D eigenvalue weighted by atomic mass is 32.2. The first-order valence-electron chi connectivity index (χ1n) is 23.1. The smallest absolute Gasteiger partial charge is 0.183 e. The van der Waals surface area contributed by atoms with E-state index < -0.39 is 9.39 Å². The second-order valence-electron chi connectivity index (χ2n) is 17.9. The average molecular weight is 909 g/mol. The summed E-state index contributed by atoms with van der Waals surface area (Å²) in [6.45, 7) is 28.8. The zero-order valence-corrected chi connectivity index (χ0v) is 41.2.